The molecule has 1 heterocycles. The van der Waals surface area contributed by atoms with Gasteiger partial charge in [-0.15, -0.1) is 0 Å². The fourth-order valence-electron chi connectivity index (χ4n) is 2.53. The van der Waals surface area contributed by atoms with Crippen molar-refractivity contribution in [1.82, 2.24) is 5.32 Å². The van der Waals surface area contributed by atoms with Crippen molar-refractivity contribution in [1.29, 1.82) is 0 Å². The van der Waals surface area contributed by atoms with E-state index in [0.29, 0.717) is 11.9 Å². The third-order valence-electron chi connectivity index (χ3n) is 3.20. The molecule has 1 spiro atoms. The van der Waals surface area contributed by atoms with E-state index >= 15 is 0 Å². The average molecular weight is 232 g/mol. The summed E-state index contributed by atoms with van der Waals surface area (Å²) in [6, 6.07) is 0.385. The number of nitrogens with one attached hydrogen (secondary N) is 1. The largest absolute Gasteiger partial charge is 0.352 e. The molecule has 0 aromatic heterocycles. The van der Waals surface area contributed by atoms with Gasteiger partial charge in [-0.3, -0.25) is 4.79 Å². The van der Waals surface area contributed by atoms with Crippen molar-refractivity contribution in [2.45, 2.75) is 38.1 Å². The van der Waals surface area contributed by atoms with E-state index in [1.807, 2.05) is 0 Å². The first-order valence-electron chi connectivity index (χ1n) is 4.64. The van der Waals surface area contributed by atoms with E-state index in [1.165, 1.54) is 12.8 Å². The van der Waals surface area contributed by atoms with Crippen LogP contribution >= 0.6 is 15.9 Å². The van der Waals surface area contributed by atoms with Gasteiger partial charge in [0.2, 0.25) is 5.91 Å². The Morgan fingerprint density at radius 2 is 2.17 bits per heavy atom. The molecule has 2 nitrogen and oxygen atoms in total. The Bertz CT molecular complexity index is 199. The lowest BCUT2D eigenvalue weighted by Crippen LogP contribution is -2.30. The van der Waals surface area contributed by atoms with Crippen molar-refractivity contribution >= 4 is 21.8 Å². The van der Waals surface area contributed by atoms with Gasteiger partial charge in [-0.05, 0) is 19.3 Å². The zero-order valence-electron chi connectivity index (χ0n) is 7.11. The van der Waals surface area contributed by atoms with Gasteiger partial charge in [0.05, 0.1) is 5.41 Å². The summed E-state index contributed by atoms with van der Waals surface area (Å²) in [7, 11) is 0. The highest BCUT2D eigenvalue weighted by Crippen LogP contribution is 2.45. The van der Waals surface area contributed by atoms with E-state index in [2.05, 4.69) is 21.2 Å². The summed E-state index contributed by atoms with van der Waals surface area (Å²) < 4.78 is 0. The number of rotatable bonds is 1. The highest BCUT2D eigenvalue weighted by molar-refractivity contribution is 9.09. The van der Waals surface area contributed by atoms with Crippen LogP contribution in [0.5, 0.6) is 0 Å². The van der Waals surface area contributed by atoms with Gasteiger partial charge in [0.1, 0.15) is 0 Å². The Hall–Kier alpha value is -0.0500. The number of carbonyl (C=O) groups is 1. The minimum Gasteiger partial charge on any atom is -0.352 e. The lowest BCUT2D eigenvalue weighted by Gasteiger charge is -2.17. The fraction of sp³-hybridized carbons (Fsp3) is 0.889. The highest BCUT2D eigenvalue weighted by Gasteiger charge is 2.47. The molecule has 1 N–H and O–H groups in total. The molecule has 68 valence electrons. The van der Waals surface area contributed by atoms with Gasteiger partial charge in [-0.25, -0.2) is 0 Å². The number of halogens is 1. The summed E-state index contributed by atoms with van der Waals surface area (Å²) in [6.45, 7) is 0. The molecule has 1 aliphatic heterocycles. The van der Waals surface area contributed by atoms with Crippen LogP contribution in [0.15, 0.2) is 0 Å². The second-order valence-electron chi connectivity index (χ2n) is 4.02. The molecule has 0 aromatic rings. The van der Waals surface area contributed by atoms with Gasteiger partial charge in [-0.1, -0.05) is 28.8 Å². The summed E-state index contributed by atoms with van der Waals surface area (Å²) in [6.07, 6.45) is 5.76. The lowest BCUT2D eigenvalue weighted by molar-refractivity contribution is -0.127. The Balaban J connectivity index is 2.11. The van der Waals surface area contributed by atoms with Crippen LogP contribution in [-0.2, 0) is 4.79 Å². The van der Waals surface area contributed by atoms with Crippen LogP contribution in [0.2, 0.25) is 0 Å². The SMILES string of the molecule is O=C1NC(CBr)CC12CCCC2. The van der Waals surface area contributed by atoms with Crippen molar-refractivity contribution in [2.24, 2.45) is 5.41 Å². The van der Waals surface area contributed by atoms with E-state index in [1.54, 1.807) is 0 Å². The minimum absolute atomic E-state index is 0.0401. The Morgan fingerprint density at radius 1 is 1.50 bits per heavy atom. The first-order chi connectivity index (χ1) is 5.77. The number of hydrogen-bond donors (Lipinski definition) is 1. The predicted octanol–water partition coefficient (Wildman–Crippen LogP) is 1.83. The van der Waals surface area contributed by atoms with Crippen LogP contribution in [0.25, 0.3) is 0 Å². The highest BCUT2D eigenvalue weighted by atomic mass is 79.9. The zero-order valence-corrected chi connectivity index (χ0v) is 8.69. The van der Waals surface area contributed by atoms with Crippen LogP contribution in [-0.4, -0.2) is 17.3 Å². The molecule has 2 rings (SSSR count). The number of amides is 1. The van der Waals surface area contributed by atoms with Crippen LogP contribution < -0.4 is 5.32 Å². The molecule has 3 heteroatoms. The van der Waals surface area contributed by atoms with E-state index in [9.17, 15) is 4.79 Å². The van der Waals surface area contributed by atoms with Gasteiger partial charge >= 0.3 is 0 Å². The quantitative estimate of drug-likeness (QED) is 0.686. The molecule has 2 fully saturated rings. The van der Waals surface area contributed by atoms with Crippen LogP contribution in [0.1, 0.15) is 32.1 Å². The van der Waals surface area contributed by atoms with Crippen LogP contribution in [0.4, 0.5) is 0 Å². The van der Waals surface area contributed by atoms with E-state index in [0.717, 1.165) is 24.6 Å². The van der Waals surface area contributed by atoms with Crippen LogP contribution in [0.3, 0.4) is 0 Å². The van der Waals surface area contributed by atoms with Gasteiger partial charge in [0, 0.05) is 11.4 Å². The van der Waals surface area contributed by atoms with Gasteiger partial charge in [-0.2, -0.15) is 0 Å². The summed E-state index contributed by atoms with van der Waals surface area (Å²) in [4.78, 5) is 11.6. The predicted molar refractivity (Wildman–Crippen MR) is 51.2 cm³/mol. The van der Waals surface area contributed by atoms with E-state index in [-0.39, 0.29) is 5.41 Å². The normalized spacial score (nSPS) is 32.8. The maximum Gasteiger partial charge on any atom is 0.226 e. The molecule has 1 atom stereocenters. The summed E-state index contributed by atoms with van der Waals surface area (Å²) in [5.41, 5.74) is 0.0401. The molecular formula is C9H14BrNO. The molecule has 12 heavy (non-hydrogen) atoms. The maximum atomic E-state index is 11.6. The van der Waals surface area contributed by atoms with E-state index < -0.39 is 0 Å². The number of carbonyl (C=O) groups excluding carboxylic acids is 1. The molecule has 0 radical (unpaired) electrons. The average Bonchev–Trinajstić information content (AvgIpc) is 2.63. The van der Waals surface area contributed by atoms with Crippen LogP contribution in [0, 0.1) is 5.41 Å². The third-order valence-corrected chi connectivity index (χ3v) is 3.98. The van der Waals surface area contributed by atoms with Crippen molar-refractivity contribution in [2.75, 3.05) is 5.33 Å². The third kappa shape index (κ3) is 1.18. The maximum absolute atomic E-state index is 11.6. The van der Waals surface area contributed by atoms with Gasteiger partial charge in [0.25, 0.3) is 0 Å². The zero-order chi connectivity index (χ0) is 8.60. The lowest BCUT2D eigenvalue weighted by atomic mass is 9.83. The molecule has 1 unspecified atom stereocenters. The molecule has 1 amide bonds. The Kier molecular flexibility index (Phi) is 2.15. The smallest absolute Gasteiger partial charge is 0.226 e. The van der Waals surface area contributed by atoms with Crippen molar-refractivity contribution in [3.63, 3.8) is 0 Å². The molecule has 0 aromatic carbocycles. The number of hydrogen-bond acceptors (Lipinski definition) is 1. The summed E-state index contributed by atoms with van der Waals surface area (Å²) >= 11 is 3.42. The first kappa shape index (κ1) is 8.54. The van der Waals surface area contributed by atoms with Gasteiger partial charge < -0.3 is 5.32 Å². The van der Waals surface area contributed by atoms with Gasteiger partial charge in [0.15, 0.2) is 0 Å². The van der Waals surface area contributed by atoms with Crippen molar-refractivity contribution < 1.29 is 4.79 Å². The van der Waals surface area contributed by atoms with E-state index in [4.69, 9.17) is 0 Å². The summed E-state index contributed by atoms with van der Waals surface area (Å²) in [5, 5.41) is 3.95. The summed E-state index contributed by atoms with van der Waals surface area (Å²) in [5.74, 6) is 0.310. The van der Waals surface area contributed by atoms with Crippen molar-refractivity contribution in [3.05, 3.63) is 0 Å². The number of alkyl halides is 1. The molecule has 2 aliphatic rings. The monoisotopic (exact) mass is 231 g/mol. The topological polar surface area (TPSA) is 29.1 Å². The molecule has 1 saturated heterocycles. The fourth-order valence-corrected chi connectivity index (χ4v) is 2.92. The molecule has 0 bridgehead atoms. The first-order valence-corrected chi connectivity index (χ1v) is 5.76. The second kappa shape index (κ2) is 3.02. The second-order valence-corrected chi connectivity index (χ2v) is 4.66. The Morgan fingerprint density at radius 3 is 2.67 bits per heavy atom. The minimum atomic E-state index is 0.0401. The Labute approximate surface area is 81.2 Å². The van der Waals surface area contributed by atoms with Crippen molar-refractivity contribution in [3.8, 4) is 0 Å². The molecule has 1 saturated carbocycles. The molecule has 1 aliphatic carbocycles. The molecular weight excluding hydrogens is 218 g/mol. The standard InChI is InChI=1S/C9H14BrNO/c10-6-7-5-9(8(12)11-7)3-1-2-4-9/h7H,1-6H2,(H,11,12).